The Balaban J connectivity index is 1.03. The number of fused-ring (bicyclic) bond motifs is 6. The van der Waals surface area contributed by atoms with Crippen LogP contribution in [-0.4, -0.2) is 18.7 Å². The van der Waals surface area contributed by atoms with Crippen molar-refractivity contribution < 1.29 is 18.7 Å². The average molecular weight is 659 g/mol. The molecule has 1 heterocycles. The molecule has 0 amide bonds. The quantitative estimate of drug-likeness (QED) is 0.137. The fourth-order valence-corrected chi connectivity index (χ4v) is 11.0. The van der Waals surface area contributed by atoms with Gasteiger partial charge in [-0.05, 0) is 129 Å². The number of hydrogen-bond donors (Lipinski definition) is 0. The van der Waals surface area contributed by atoms with Crippen LogP contribution in [0, 0.1) is 53.3 Å². The number of hydrogen-bond acceptors (Lipinski definition) is 5. The largest absolute Gasteiger partial charge is 0.482 e. The van der Waals surface area contributed by atoms with Crippen LogP contribution in [-0.2, 0) is 16.0 Å². The number of esters is 1. The second kappa shape index (κ2) is 14.4. The van der Waals surface area contributed by atoms with Crippen molar-refractivity contribution >= 4 is 16.9 Å². The fraction of sp³-hybridized carbons (Fsp3) is 0.721. The number of aryl methyl sites for hydroxylation is 1. The summed E-state index contributed by atoms with van der Waals surface area (Å²) in [5.74, 6) is 5.15. The minimum Gasteiger partial charge on any atom is -0.482 e. The molecule has 4 aliphatic carbocycles. The first-order valence-corrected chi connectivity index (χ1v) is 19.5. The van der Waals surface area contributed by atoms with E-state index in [0.717, 1.165) is 77.7 Å². The maximum Gasteiger partial charge on any atom is 0.344 e. The number of benzene rings is 1. The summed E-state index contributed by atoms with van der Waals surface area (Å²) in [7, 11) is 0. The van der Waals surface area contributed by atoms with Crippen molar-refractivity contribution in [2.24, 2.45) is 46.3 Å². The molecule has 1 aromatic heterocycles. The van der Waals surface area contributed by atoms with Crippen LogP contribution >= 0.6 is 0 Å². The van der Waals surface area contributed by atoms with Crippen LogP contribution in [0.15, 0.2) is 39.1 Å². The number of ether oxygens (including phenoxy) is 2. The summed E-state index contributed by atoms with van der Waals surface area (Å²) in [4.78, 5) is 25.5. The lowest BCUT2D eigenvalue weighted by Crippen LogP contribution is -2.52. The normalized spacial score (nSPS) is 32.2. The number of rotatable bonds is 11. The van der Waals surface area contributed by atoms with Gasteiger partial charge in [0.2, 0.25) is 0 Å². The summed E-state index contributed by atoms with van der Waals surface area (Å²) in [6, 6.07) is 5.45. The standard InChI is InChI=1S/C43H62O5/c1-8-10-35-29(5)34-17-15-32(24-39(34)48-41(35)45)46-26-40(44)47-33-19-22-43(7)31(23-33)14-16-36-37-18-13-30(28(4)12-9-11-27(2)3)25-42(37,6)21-20-38(36)43/h14-15,17,24,27-28,30,33,36-38H,8-13,16,18-23,25-26H2,1-7H3/t28-,30+,33-,36-,37+,38-,42-,43+/m0/s1. The van der Waals surface area contributed by atoms with Gasteiger partial charge in [-0.2, -0.15) is 0 Å². The molecular weight excluding hydrogens is 596 g/mol. The highest BCUT2D eigenvalue weighted by Gasteiger charge is 2.56. The molecule has 48 heavy (non-hydrogen) atoms. The van der Waals surface area contributed by atoms with Crippen LogP contribution in [0.2, 0.25) is 0 Å². The Morgan fingerprint density at radius 3 is 2.62 bits per heavy atom. The zero-order chi connectivity index (χ0) is 34.2. The van der Waals surface area contributed by atoms with E-state index in [2.05, 4.69) is 47.6 Å². The topological polar surface area (TPSA) is 65.7 Å². The molecule has 0 N–H and O–H groups in total. The van der Waals surface area contributed by atoms with Crippen molar-refractivity contribution in [3.8, 4) is 5.75 Å². The van der Waals surface area contributed by atoms with Gasteiger partial charge < -0.3 is 13.9 Å². The number of carbonyl (C=O) groups excluding carboxylic acids is 1. The molecule has 0 radical (unpaired) electrons. The predicted molar refractivity (Wildman–Crippen MR) is 194 cm³/mol. The Labute approximate surface area is 289 Å². The summed E-state index contributed by atoms with van der Waals surface area (Å²) in [6.07, 6.45) is 19.3. The van der Waals surface area contributed by atoms with E-state index in [1.807, 2.05) is 19.1 Å². The first kappa shape index (κ1) is 35.3. The first-order valence-electron chi connectivity index (χ1n) is 19.5. The Kier molecular flexibility index (Phi) is 10.5. The molecule has 3 fully saturated rings. The SMILES string of the molecule is CCCc1c(C)c2ccc(OCC(=O)O[C@H]3CC[C@]4(C)C(=CC[C@H]5[C@H]6CC[C@@H]([C@@H](C)CCCC(C)C)C[C@]6(C)CC[C@@H]54)C3)cc2oc1=O. The van der Waals surface area contributed by atoms with Crippen molar-refractivity contribution in [3.63, 3.8) is 0 Å². The van der Waals surface area contributed by atoms with E-state index in [-0.39, 0.29) is 29.7 Å². The lowest BCUT2D eigenvalue weighted by molar-refractivity contribution is -0.154. The van der Waals surface area contributed by atoms with Crippen molar-refractivity contribution in [2.45, 2.75) is 144 Å². The predicted octanol–water partition coefficient (Wildman–Crippen LogP) is 10.8. The molecule has 0 aliphatic heterocycles. The molecule has 5 nitrogen and oxygen atoms in total. The molecule has 3 saturated carbocycles. The highest BCUT2D eigenvalue weighted by atomic mass is 16.6. The van der Waals surface area contributed by atoms with E-state index >= 15 is 0 Å². The van der Waals surface area contributed by atoms with E-state index < -0.39 is 0 Å². The van der Waals surface area contributed by atoms with Crippen molar-refractivity contribution in [1.82, 2.24) is 0 Å². The van der Waals surface area contributed by atoms with Gasteiger partial charge in [-0.1, -0.05) is 78.9 Å². The van der Waals surface area contributed by atoms with Crippen molar-refractivity contribution in [2.75, 3.05) is 6.61 Å². The smallest absolute Gasteiger partial charge is 0.344 e. The van der Waals surface area contributed by atoms with E-state index in [4.69, 9.17) is 13.9 Å². The number of carbonyl (C=O) groups is 1. The highest BCUT2D eigenvalue weighted by Crippen LogP contribution is 2.65. The van der Waals surface area contributed by atoms with Gasteiger partial charge >= 0.3 is 11.6 Å². The second-order valence-electron chi connectivity index (χ2n) is 17.3. The molecule has 2 aromatic rings. The van der Waals surface area contributed by atoms with Gasteiger partial charge in [-0.15, -0.1) is 0 Å². The van der Waals surface area contributed by atoms with Gasteiger partial charge in [0, 0.05) is 23.4 Å². The third kappa shape index (κ3) is 7.04. The van der Waals surface area contributed by atoms with Crippen LogP contribution < -0.4 is 10.4 Å². The van der Waals surface area contributed by atoms with E-state index in [1.54, 1.807) is 6.07 Å². The van der Waals surface area contributed by atoms with Crippen LogP contribution in [0.5, 0.6) is 5.75 Å². The maximum atomic E-state index is 13.0. The van der Waals surface area contributed by atoms with Gasteiger partial charge in [0.25, 0.3) is 0 Å². The highest BCUT2D eigenvalue weighted by molar-refractivity contribution is 5.82. The zero-order valence-corrected chi connectivity index (χ0v) is 31.0. The van der Waals surface area contributed by atoms with Crippen molar-refractivity contribution in [3.05, 3.63) is 51.4 Å². The first-order chi connectivity index (χ1) is 22.9. The van der Waals surface area contributed by atoms with E-state index in [0.29, 0.717) is 23.2 Å². The van der Waals surface area contributed by atoms with Crippen LogP contribution in [0.4, 0.5) is 0 Å². The summed E-state index contributed by atoms with van der Waals surface area (Å²) < 4.78 is 17.4. The number of allylic oxidation sites excluding steroid dienone is 1. The molecular formula is C43H62O5. The van der Waals surface area contributed by atoms with Crippen LogP contribution in [0.25, 0.3) is 11.0 Å². The molecule has 6 rings (SSSR count). The summed E-state index contributed by atoms with van der Waals surface area (Å²) in [5.41, 5.74) is 4.14. The molecule has 0 unspecified atom stereocenters. The molecule has 8 atom stereocenters. The Hall–Kier alpha value is -2.56. The lowest BCUT2D eigenvalue weighted by atomic mass is 9.44. The van der Waals surface area contributed by atoms with Gasteiger partial charge in [-0.25, -0.2) is 9.59 Å². The molecule has 0 spiro atoms. The minimum atomic E-state index is -0.336. The van der Waals surface area contributed by atoms with Crippen LogP contribution in [0.1, 0.15) is 136 Å². The van der Waals surface area contributed by atoms with E-state index in [1.165, 1.54) is 63.4 Å². The monoisotopic (exact) mass is 658 g/mol. The molecule has 264 valence electrons. The van der Waals surface area contributed by atoms with Gasteiger partial charge in [0.1, 0.15) is 17.4 Å². The summed E-state index contributed by atoms with van der Waals surface area (Å²) in [6.45, 7) is 16.3. The zero-order valence-electron chi connectivity index (χ0n) is 31.0. The van der Waals surface area contributed by atoms with Crippen molar-refractivity contribution in [1.29, 1.82) is 0 Å². The maximum absolute atomic E-state index is 13.0. The molecule has 4 aliphatic rings. The molecule has 0 saturated heterocycles. The molecule has 0 bridgehead atoms. The second-order valence-corrected chi connectivity index (χ2v) is 17.3. The summed E-state index contributed by atoms with van der Waals surface area (Å²) >= 11 is 0. The van der Waals surface area contributed by atoms with Gasteiger partial charge in [0.15, 0.2) is 6.61 Å². The third-order valence-corrected chi connectivity index (χ3v) is 13.8. The minimum absolute atomic E-state index is 0.0901. The fourth-order valence-electron chi connectivity index (χ4n) is 11.0. The average Bonchev–Trinajstić information content (AvgIpc) is 3.04. The lowest BCUT2D eigenvalue weighted by Gasteiger charge is -2.61. The summed E-state index contributed by atoms with van der Waals surface area (Å²) in [5, 5.41) is 0.901. The third-order valence-electron chi connectivity index (χ3n) is 13.8. The van der Waals surface area contributed by atoms with Crippen LogP contribution in [0.3, 0.4) is 0 Å². The Bertz CT molecular complexity index is 1550. The molecule has 5 heteroatoms. The van der Waals surface area contributed by atoms with Gasteiger partial charge in [0.05, 0.1) is 0 Å². The molecule has 1 aromatic carbocycles. The van der Waals surface area contributed by atoms with E-state index in [9.17, 15) is 9.59 Å². The van der Waals surface area contributed by atoms with Gasteiger partial charge in [-0.3, -0.25) is 0 Å². The Morgan fingerprint density at radius 2 is 1.85 bits per heavy atom. The Morgan fingerprint density at radius 1 is 1.04 bits per heavy atom.